The van der Waals surface area contributed by atoms with E-state index in [1.807, 2.05) is 13.8 Å². The van der Waals surface area contributed by atoms with Gasteiger partial charge in [-0.1, -0.05) is 33.1 Å². The lowest BCUT2D eigenvalue weighted by atomic mass is 9.90. The van der Waals surface area contributed by atoms with Crippen LogP contribution in [0.25, 0.3) is 0 Å². The third-order valence-electron chi connectivity index (χ3n) is 4.11. The van der Waals surface area contributed by atoms with Gasteiger partial charge in [0.15, 0.2) is 0 Å². The fourth-order valence-electron chi connectivity index (χ4n) is 2.92. The molecule has 1 aliphatic carbocycles. The number of hydrogen-bond acceptors (Lipinski definition) is 4. The molecule has 0 N–H and O–H groups in total. The van der Waals surface area contributed by atoms with E-state index < -0.39 is 0 Å². The number of nitrogens with zero attached hydrogens (tertiary/aromatic N) is 3. The van der Waals surface area contributed by atoms with E-state index in [0.717, 1.165) is 24.1 Å². The van der Waals surface area contributed by atoms with E-state index in [9.17, 15) is 5.26 Å². The van der Waals surface area contributed by atoms with Gasteiger partial charge in [-0.15, -0.1) is 5.10 Å². The Hall–Kier alpha value is -1.63. The first-order valence-electron chi connectivity index (χ1n) is 7.71. The molecule has 1 heterocycles. The first-order chi connectivity index (χ1) is 9.80. The minimum Gasteiger partial charge on any atom is -0.475 e. The second kappa shape index (κ2) is 7.23. The molecule has 0 spiro atoms. The Labute approximate surface area is 121 Å². The van der Waals surface area contributed by atoms with E-state index in [0.29, 0.717) is 24.0 Å². The molecular weight excluding hydrogens is 250 g/mol. The van der Waals surface area contributed by atoms with Gasteiger partial charge in [0.1, 0.15) is 11.6 Å². The summed E-state index contributed by atoms with van der Waals surface area (Å²) >= 11 is 0. The minimum absolute atomic E-state index is 0.423. The summed E-state index contributed by atoms with van der Waals surface area (Å²) in [6, 6.07) is 2.25. The SMILES string of the molecule is CCc1nnc(OCC2CCCCC2)c(C#N)c1CC. The van der Waals surface area contributed by atoms with Crippen molar-refractivity contribution in [3.05, 3.63) is 16.8 Å². The van der Waals surface area contributed by atoms with E-state index in [2.05, 4.69) is 16.3 Å². The van der Waals surface area contributed by atoms with Crippen LogP contribution in [0.2, 0.25) is 0 Å². The van der Waals surface area contributed by atoms with Crippen molar-refractivity contribution in [1.82, 2.24) is 10.2 Å². The van der Waals surface area contributed by atoms with Crippen LogP contribution in [0.4, 0.5) is 0 Å². The van der Waals surface area contributed by atoms with Crippen molar-refractivity contribution in [2.45, 2.75) is 58.8 Å². The molecule has 0 amide bonds. The van der Waals surface area contributed by atoms with Crippen molar-refractivity contribution in [3.8, 4) is 11.9 Å². The molecule has 4 nitrogen and oxygen atoms in total. The third-order valence-corrected chi connectivity index (χ3v) is 4.11. The van der Waals surface area contributed by atoms with Crippen molar-refractivity contribution in [3.63, 3.8) is 0 Å². The van der Waals surface area contributed by atoms with Gasteiger partial charge >= 0.3 is 0 Å². The normalized spacial score (nSPS) is 15.8. The quantitative estimate of drug-likeness (QED) is 0.824. The maximum atomic E-state index is 9.39. The smallest absolute Gasteiger partial charge is 0.251 e. The lowest BCUT2D eigenvalue weighted by molar-refractivity contribution is 0.200. The van der Waals surface area contributed by atoms with Crippen molar-refractivity contribution in [2.24, 2.45) is 5.92 Å². The van der Waals surface area contributed by atoms with Gasteiger partial charge in [-0.25, -0.2) is 0 Å². The highest BCUT2D eigenvalue weighted by Crippen LogP contribution is 2.26. The van der Waals surface area contributed by atoms with Gasteiger partial charge in [-0.05, 0) is 37.2 Å². The summed E-state index contributed by atoms with van der Waals surface area (Å²) in [6.07, 6.45) is 7.96. The minimum atomic E-state index is 0.423. The van der Waals surface area contributed by atoms with Gasteiger partial charge in [-0.3, -0.25) is 0 Å². The summed E-state index contributed by atoms with van der Waals surface area (Å²) in [6.45, 7) is 4.74. The fourth-order valence-corrected chi connectivity index (χ4v) is 2.92. The second-order valence-corrected chi connectivity index (χ2v) is 5.44. The van der Waals surface area contributed by atoms with Crippen molar-refractivity contribution in [1.29, 1.82) is 5.26 Å². The molecule has 1 saturated carbocycles. The molecule has 0 unspecified atom stereocenters. The molecule has 1 aromatic heterocycles. The highest BCUT2D eigenvalue weighted by molar-refractivity contribution is 5.46. The van der Waals surface area contributed by atoms with E-state index in [-0.39, 0.29) is 0 Å². The highest BCUT2D eigenvalue weighted by atomic mass is 16.5. The van der Waals surface area contributed by atoms with Crippen LogP contribution < -0.4 is 4.74 Å². The average molecular weight is 273 g/mol. The largest absolute Gasteiger partial charge is 0.475 e. The van der Waals surface area contributed by atoms with Crippen molar-refractivity contribution < 1.29 is 4.74 Å². The van der Waals surface area contributed by atoms with Crippen molar-refractivity contribution >= 4 is 0 Å². The van der Waals surface area contributed by atoms with E-state index in [1.54, 1.807) is 0 Å². The molecule has 0 saturated heterocycles. The molecule has 1 aliphatic rings. The Bertz CT molecular complexity index is 487. The van der Waals surface area contributed by atoms with Gasteiger partial charge < -0.3 is 4.74 Å². The molecule has 0 aromatic carbocycles. The monoisotopic (exact) mass is 273 g/mol. The highest BCUT2D eigenvalue weighted by Gasteiger charge is 2.18. The summed E-state index contributed by atoms with van der Waals surface area (Å²) in [5.41, 5.74) is 2.48. The molecule has 0 aliphatic heterocycles. The van der Waals surface area contributed by atoms with Crippen molar-refractivity contribution in [2.75, 3.05) is 6.61 Å². The Morgan fingerprint density at radius 1 is 1.15 bits per heavy atom. The first kappa shape index (κ1) is 14.8. The number of aromatic nitrogens is 2. The Morgan fingerprint density at radius 2 is 1.90 bits per heavy atom. The first-order valence-corrected chi connectivity index (χ1v) is 7.71. The van der Waals surface area contributed by atoms with Gasteiger partial charge in [0.05, 0.1) is 12.3 Å². The standard InChI is InChI=1S/C16H23N3O/c1-3-13-14(10-17)16(19-18-15(13)4-2)20-11-12-8-6-5-7-9-12/h12H,3-9,11H2,1-2H3. The van der Waals surface area contributed by atoms with Crippen LogP contribution >= 0.6 is 0 Å². The molecule has 1 fully saturated rings. The van der Waals surface area contributed by atoms with Crippen LogP contribution in [0.1, 0.15) is 62.8 Å². The molecule has 20 heavy (non-hydrogen) atoms. The summed E-state index contributed by atoms with van der Waals surface area (Å²) in [5.74, 6) is 1.03. The molecule has 2 rings (SSSR count). The predicted octanol–water partition coefficient (Wildman–Crippen LogP) is 3.43. The number of rotatable bonds is 5. The zero-order chi connectivity index (χ0) is 14.4. The molecular formula is C16H23N3O. The summed E-state index contributed by atoms with van der Waals surface area (Å²) in [7, 11) is 0. The molecule has 0 atom stereocenters. The average Bonchev–Trinajstić information content (AvgIpc) is 2.52. The predicted molar refractivity (Wildman–Crippen MR) is 77.6 cm³/mol. The van der Waals surface area contributed by atoms with Crippen LogP contribution in [-0.4, -0.2) is 16.8 Å². The topological polar surface area (TPSA) is 58.8 Å². The maximum absolute atomic E-state index is 9.39. The third kappa shape index (κ3) is 3.27. The Morgan fingerprint density at radius 3 is 2.50 bits per heavy atom. The van der Waals surface area contributed by atoms with Crippen LogP contribution in [0, 0.1) is 17.2 Å². The number of hydrogen-bond donors (Lipinski definition) is 0. The molecule has 1 aromatic rings. The van der Waals surface area contributed by atoms with E-state index >= 15 is 0 Å². The Balaban J connectivity index is 2.12. The van der Waals surface area contributed by atoms with E-state index in [4.69, 9.17) is 4.74 Å². The number of nitriles is 1. The lowest BCUT2D eigenvalue weighted by Gasteiger charge is -2.21. The van der Waals surface area contributed by atoms with Gasteiger partial charge in [0.25, 0.3) is 5.88 Å². The zero-order valence-corrected chi connectivity index (χ0v) is 12.5. The van der Waals surface area contributed by atoms with Crippen LogP contribution in [-0.2, 0) is 12.8 Å². The maximum Gasteiger partial charge on any atom is 0.251 e. The van der Waals surface area contributed by atoms with Crippen LogP contribution in [0.5, 0.6) is 5.88 Å². The fraction of sp³-hybridized carbons (Fsp3) is 0.688. The number of aryl methyl sites for hydroxylation is 1. The molecule has 0 bridgehead atoms. The molecule has 0 radical (unpaired) electrons. The Kier molecular flexibility index (Phi) is 5.34. The number of ether oxygens (including phenoxy) is 1. The van der Waals surface area contributed by atoms with Gasteiger partial charge in [0, 0.05) is 0 Å². The molecule has 108 valence electrons. The van der Waals surface area contributed by atoms with E-state index in [1.165, 1.54) is 32.1 Å². The molecule has 4 heteroatoms. The second-order valence-electron chi connectivity index (χ2n) is 5.44. The van der Waals surface area contributed by atoms with Crippen LogP contribution in [0.15, 0.2) is 0 Å². The zero-order valence-electron chi connectivity index (χ0n) is 12.5. The van der Waals surface area contributed by atoms with Crippen LogP contribution in [0.3, 0.4) is 0 Å². The summed E-state index contributed by atoms with van der Waals surface area (Å²) in [4.78, 5) is 0. The lowest BCUT2D eigenvalue weighted by Crippen LogP contribution is -2.17. The van der Waals surface area contributed by atoms with Gasteiger partial charge in [-0.2, -0.15) is 10.4 Å². The van der Waals surface area contributed by atoms with Gasteiger partial charge in [0.2, 0.25) is 0 Å². The summed E-state index contributed by atoms with van der Waals surface area (Å²) < 4.78 is 5.81. The summed E-state index contributed by atoms with van der Waals surface area (Å²) in [5, 5.41) is 17.7.